The van der Waals surface area contributed by atoms with Crippen LogP contribution in [0.5, 0.6) is 5.75 Å². The Morgan fingerprint density at radius 1 is 1.33 bits per heavy atom. The molecule has 0 bridgehead atoms. The number of hydrogen-bond donors (Lipinski definition) is 1. The van der Waals surface area contributed by atoms with Gasteiger partial charge in [0.25, 0.3) is 0 Å². The van der Waals surface area contributed by atoms with Crippen molar-refractivity contribution >= 4 is 0 Å². The number of benzene rings is 1. The number of methoxy groups -OCH3 is 2. The summed E-state index contributed by atoms with van der Waals surface area (Å²) in [4.78, 5) is 2.20. The van der Waals surface area contributed by atoms with Crippen LogP contribution in [0.25, 0.3) is 0 Å². The van der Waals surface area contributed by atoms with Gasteiger partial charge in [-0.1, -0.05) is 12.1 Å². The highest BCUT2D eigenvalue weighted by atomic mass is 16.5. The van der Waals surface area contributed by atoms with Gasteiger partial charge in [-0.15, -0.1) is 0 Å². The summed E-state index contributed by atoms with van der Waals surface area (Å²) in [5, 5.41) is 0. The molecule has 0 aliphatic heterocycles. The zero-order chi connectivity index (χ0) is 13.5. The summed E-state index contributed by atoms with van der Waals surface area (Å²) in [6.45, 7) is 3.63. The van der Waals surface area contributed by atoms with Crippen molar-refractivity contribution in [3.63, 3.8) is 0 Å². The SMILES string of the molecule is COCC(C)N(C)CC(N)c1cccc(OC)c1. The van der Waals surface area contributed by atoms with E-state index in [1.54, 1.807) is 14.2 Å². The lowest BCUT2D eigenvalue weighted by atomic mass is 10.1. The first-order chi connectivity index (χ1) is 8.58. The minimum Gasteiger partial charge on any atom is -0.497 e. The fraction of sp³-hybridized carbons (Fsp3) is 0.571. The minimum absolute atomic E-state index is 0.0237. The van der Waals surface area contributed by atoms with Crippen molar-refractivity contribution in [1.29, 1.82) is 0 Å². The molecule has 0 aromatic heterocycles. The topological polar surface area (TPSA) is 47.7 Å². The van der Waals surface area contributed by atoms with Crippen LogP contribution in [0.4, 0.5) is 0 Å². The molecule has 0 saturated carbocycles. The Morgan fingerprint density at radius 2 is 2.06 bits per heavy atom. The average Bonchev–Trinajstić information content (AvgIpc) is 2.39. The molecular formula is C14H24N2O2. The quantitative estimate of drug-likeness (QED) is 0.802. The fourth-order valence-electron chi connectivity index (χ4n) is 1.84. The standard InChI is InChI=1S/C14H24N2O2/c1-11(10-17-3)16(2)9-14(15)12-6-5-7-13(8-12)18-4/h5-8,11,14H,9-10,15H2,1-4H3. The molecule has 1 aromatic carbocycles. The van der Waals surface area contributed by atoms with E-state index in [0.717, 1.165) is 17.9 Å². The van der Waals surface area contributed by atoms with E-state index in [1.807, 2.05) is 24.3 Å². The largest absolute Gasteiger partial charge is 0.497 e. The Hall–Kier alpha value is -1.10. The Labute approximate surface area is 110 Å². The van der Waals surface area contributed by atoms with E-state index in [1.165, 1.54) is 0 Å². The highest BCUT2D eigenvalue weighted by Crippen LogP contribution is 2.18. The van der Waals surface area contributed by atoms with Gasteiger partial charge >= 0.3 is 0 Å². The molecule has 0 fully saturated rings. The van der Waals surface area contributed by atoms with Crippen molar-refractivity contribution in [2.24, 2.45) is 5.73 Å². The van der Waals surface area contributed by atoms with Gasteiger partial charge in [0.1, 0.15) is 5.75 Å². The van der Waals surface area contributed by atoms with Crippen LogP contribution >= 0.6 is 0 Å². The second kappa shape index (κ2) is 7.36. The van der Waals surface area contributed by atoms with E-state index >= 15 is 0 Å². The maximum Gasteiger partial charge on any atom is 0.119 e. The van der Waals surface area contributed by atoms with Crippen LogP contribution in [-0.4, -0.2) is 45.4 Å². The van der Waals surface area contributed by atoms with Gasteiger partial charge in [0.2, 0.25) is 0 Å². The molecule has 102 valence electrons. The van der Waals surface area contributed by atoms with Gasteiger partial charge in [0, 0.05) is 25.7 Å². The highest BCUT2D eigenvalue weighted by molar-refractivity contribution is 5.30. The minimum atomic E-state index is -0.0237. The van der Waals surface area contributed by atoms with E-state index < -0.39 is 0 Å². The van der Waals surface area contributed by atoms with Gasteiger partial charge in [0.15, 0.2) is 0 Å². The molecule has 0 amide bonds. The molecule has 1 rings (SSSR count). The summed E-state index contributed by atoms with van der Waals surface area (Å²) in [7, 11) is 5.44. The molecule has 2 N–H and O–H groups in total. The van der Waals surface area contributed by atoms with Crippen molar-refractivity contribution in [2.45, 2.75) is 19.0 Å². The Morgan fingerprint density at radius 3 is 2.67 bits per heavy atom. The Balaban J connectivity index is 2.60. The maximum atomic E-state index is 6.22. The molecule has 4 nitrogen and oxygen atoms in total. The van der Waals surface area contributed by atoms with E-state index in [2.05, 4.69) is 18.9 Å². The molecule has 1 aromatic rings. The molecule has 0 aliphatic rings. The predicted molar refractivity (Wildman–Crippen MR) is 73.9 cm³/mol. The van der Waals surface area contributed by atoms with Crippen LogP contribution in [0.3, 0.4) is 0 Å². The lowest BCUT2D eigenvalue weighted by Crippen LogP contribution is -2.37. The number of likely N-dealkylation sites (N-methyl/N-ethyl adjacent to an activating group) is 1. The summed E-state index contributed by atoms with van der Waals surface area (Å²) >= 11 is 0. The zero-order valence-corrected chi connectivity index (χ0v) is 11.7. The molecule has 0 aliphatic carbocycles. The summed E-state index contributed by atoms with van der Waals surface area (Å²) in [5.41, 5.74) is 7.30. The number of nitrogens with zero attached hydrogens (tertiary/aromatic N) is 1. The van der Waals surface area contributed by atoms with Crippen molar-refractivity contribution in [3.05, 3.63) is 29.8 Å². The van der Waals surface area contributed by atoms with Crippen LogP contribution < -0.4 is 10.5 Å². The van der Waals surface area contributed by atoms with Crippen LogP contribution in [0, 0.1) is 0 Å². The third kappa shape index (κ3) is 4.29. The van der Waals surface area contributed by atoms with Crippen LogP contribution in [0.1, 0.15) is 18.5 Å². The third-order valence-electron chi connectivity index (χ3n) is 3.17. The second-order valence-electron chi connectivity index (χ2n) is 4.63. The first-order valence-electron chi connectivity index (χ1n) is 6.17. The third-order valence-corrected chi connectivity index (χ3v) is 3.17. The van der Waals surface area contributed by atoms with Crippen molar-refractivity contribution in [3.8, 4) is 5.75 Å². The molecule has 2 atom stereocenters. The first-order valence-corrected chi connectivity index (χ1v) is 6.17. The van der Waals surface area contributed by atoms with Crippen molar-refractivity contribution in [1.82, 2.24) is 4.90 Å². The fourth-order valence-corrected chi connectivity index (χ4v) is 1.84. The van der Waals surface area contributed by atoms with E-state index in [4.69, 9.17) is 15.2 Å². The lowest BCUT2D eigenvalue weighted by molar-refractivity contribution is 0.112. The Bertz CT molecular complexity index is 357. The van der Waals surface area contributed by atoms with Gasteiger partial charge < -0.3 is 15.2 Å². The summed E-state index contributed by atoms with van der Waals surface area (Å²) in [5.74, 6) is 0.843. The molecule has 0 saturated heterocycles. The molecule has 4 heteroatoms. The molecule has 2 unspecified atom stereocenters. The van der Waals surface area contributed by atoms with E-state index in [0.29, 0.717) is 12.6 Å². The van der Waals surface area contributed by atoms with Crippen LogP contribution in [0.2, 0.25) is 0 Å². The molecule has 0 radical (unpaired) electrons. The van der Waals surface area contributed by atoms with Gasteiger partial charge in [-0.25, -0.2) is 0 Å². The van der Waals surface area contributed by atoms with E-state index in [9.17, 15) is 0 Å². The number of rotatable bonds is 7. The first kappa shape index (κ1) is 15.0. The van der Waals surface area contributed by atoms with Gasteiger partial charge in [-0.3, -0.25) is 4.90 Å². The van der Waals surface area contributed by atoms with Crippen molar-refractivity contribution < 1.29 is 9.47 Å². The van der Waals surface area contributed by atoms with Gasteiger partial charge in [-0.05, 0) is 31.7 Å². The zero-order valence-electron chi connectivity index (χ0n) is 11.7. The van der Waals surface area contributed by atoms with Crippen LogP contribution in [0.15, 0.2) is 24.3 Å². The van der Waals surface area contributed by atoms with Gasteiger partial charge in [-0.2, -0.15) is 0 Å². The summed E-state index contributed by atoms with van der Waals surface area (Å²) < 4.78 is 10.4. The number of ether oxygens (including phenoxy) is 2. The second-order valence-corrected chi connectivity index (χ2v) is 4.63. The molecule has 18 heavy (non-hydrogen) atoms. The van der Waals surface area contributed by atoms with E-state index in [-0.39, 0.29) is 6.04 Å². The lowest BCUT2D eigenvalue weighted by Gasteiger charge is -2.27. The highest BCUT2D eigenvalue weighted by Gasteiger charge is 2.14. The monoisotopic (exact) mass is 252 g/mol. The van der Waals surface area contributed by atoms with Crippen LogP contribution in [-0.2, 0) is 4.74 Å². The molecule has 0 spiro atoms. The predicted octanol–water partition coefficient (Wildman–Crippen LogP) is 1.66. The molecular weight excluding hydrogens is 228 g/mol. The van der Waals surface area contributed by atoms with Gasteiger partial charge in [0.05, 0.1) is 13.7 Å². The average molecular weight is 252 g/mol. The molecule has 0 heterocycles. The van der Waals surface area contributed by atoms with Crippen molar-refractivity contribution in [2.75, 3.05) is 34.4 Å². The number of hydrogen-bond acceptors (Lipinski definition) is 4. The normalized spacial score (nSPS) is 14.6. The Kier molecular flexibility index (Phi) is 6.12. The summed E-state index contributed by atoms with van der Waals surface area (Å²) in [6, 6.07) is 8.23. The summed E-state index contributed by atoms with van der Waals surface area (Å²) in [6.07, 6.45) is 0. The smallest absolute Gasteiger partial charge is 0.119 e. The maximum absolute atomic E-state index is 6.22. The number of nitrogens with two attached hydrogens (primary N) is 1.